The molecule has 0 heterocycles. The van der Waals surface area contributed by atoms with Crippen molar-refractivity contribution < 1.29 is 14.0 Å². The van der Waals surface area contributed by atoms with Crippen molar-refractivity contribution in [1.29, 1.82) is 0 Å². The van der Waals surface area contributed by atoms with Crippen LogP contribution in [0, 0.1) is 26.1 Å². The molecule has 0 spiro atoms. The average Bonchev–Trinajstić information content (AvgIpc) is 2.51. The molecule has 1 aliphatic rings. The average molecular weight is 429 g/mol. The molecular formula is C16H24GeN2O5S. The Bertz CT molecular complexity index is 664. The molecule has 0 aromatic heterocycles. The van der Waals surface area contributed by atoms with Crippen LogP contribution in [-0.2, 0) is 4.18 Å². The molecule has 25 heavy (non-hydrogen) atoms. The summed E-state index contributed by atoms with van der Waals surface area (Å²) in [5, 5.41) is 22.1. The molecule has 138 valence electrons. The van der Waals surface area contributed by atoms with Crippen LogP contribution in [0.1, 0.15) is 26.2 Å². The van der Waals surface area contributed by atoms with E-state index in [1.54, 1.807) is 0 Å². The first-order valence-electron chi connectivity index (χ1n) is 8.35. The van der Waals surface area contributed by atoms with Gasteiger partial charge in [0.2, 0.25) is 0 Å². The van der Waals surface area contributed by atoms with Crippen molar-refractivity contribution in [3.05, 3.63) is 38.4 Å². The molecule has 0 N–H and O–H groups in total. The van der Waals surface area contributed by atoms with Crippen LogP contribution < -0.4 is 0 Å². The minimum atomic E-state index is -1.93. The van der Waals surface area contributed by atoms with E-state index in [-0.39, 0.29) is 17.5 Å². The third kappa shape index (κ3) is 5.18. The van der Waals surface area contributed by atoms with Gasteiger partial charge in [0.15, 0.2) is 0 Å². The first kappa shape index (κ1) is 20.2. The molecule has 1 saturated carbocycles. The van der Waals surface area contributed by atoms with Crippen molar-refractivity contribution in [3.8, 4) is 0 Å². The molecule has 7 nitrogen and oxygen atoms in total. The molecule has 9 heteroatoms. The van der Waals surface area contributed by atoms with Gasteiger partial charge in [-0.15, -0.1) is 0 Å². The third-order valence-corrected chi connectivity index (χ3v) is 11.7. The first-order valence-corrected chi connectivity index (χ1v) is 16.6. The second-order valence-corrected chi connectivity index (χ2v) is 20.1. The molecule has 1 aromatic carbocycles. The Morgan fingerprint density at radius 2 is 1.84 bits per heavy atom. The van der Waals surface area contributed by atoms with Crippen LogP contribution in [-0.4, -0.2) is 29.2 Å². The van der Waals surface area contributed by atoms with E-state index in [9.17, 15) is 20.2 Å². The molecule has 1 aromatic rings. The summed E-state index contributed by atoms with van der Waals surface area (Å²) in [6.45, 7) is 2.21. The zero-order valence-electron chi connectivity index (χ0n) is 14.9. The summed E-state index contributed by atoms with van der Waals surface area (Å²) in [6, 6.07) is 3.68. The van der Waals surface area contributed by atoms with Gasteiger partial charge in [0.1, 0.15) is 0 Å². The van der Waals surface area contributed by atoms with Gasteiger partial charge in [0, 0.05) is 0 Å². The van der Waals surface area contributed by atoms with Crippen LogP contribution in [0.2, 0.25) is 22.0 Å². The molecule has 0 radical (unpaired) electrons. The number of hydrogen-bond donors (Lipinski definition) is 0. The van der Waals surface area contributed by atoms with E-state index in [0.717, 1.165) is 31.0 Å². The Morgan fingerprint density at radius 1 is 1.16 bits per heavy atom. The molecule has 0 amide bonds. The molecule has 1 fully saturated rings. The molecule has 0 unspecified atom stereocenters. The van der Waals surface area contributed by atoms with Crippen LogP contribution in [0.4, 0.5) is 11.4 Å². The minimum absolute atomic E-state index is 0.0866. The third-order valence-electron chi connectivity index (χ3n) is 4.78. The maximum absolute atomic E-state index is 11.2. The quantitative estimate of drug-likeness (QED) is 0.259. The zero-order valence-corrected chi connectivity index (χ0v) is 17.8. The van der Waals surface area contributed by atoms with Gasteiger partial charge in [-0.05, 0) is 0 Å². The van der Waals surface area contributed by atoms with Gasteiger partial charge in [-0.3, -0.25) is 0 Å². The number of rotatable bonds is 6. The standard InChI is InChI=1S/C16H24GeN2O5S/c1-11-5-7-13(17(2,3)4)15(9-11)24-25-16-8-6-12(18(20)21)10-14(16)19(22)23/h6,8,10-11,13,15H,5,7,9H2,1-4H3/t11-,13+,15+/m1/s1. The van der Waals surface area contributed by atoms with E-state index in [0.29, 0.717) is 15.6 Å². The molecule has 3 atom stereocenters. The van der Waals surface area contributed by atoms with E-state index in [1.807, 2.05) is 0 Å². The van der Waals surface area contributed by atoms with Crippen molar-refractivity contribution in [2.45, 2.75) is 59.2 Å². The summed E-state index contributed by atoms with van der Waals surface area (Å²) >= 11 is -0.942. The number of non-ortho nitro benzene ring substituents is 1. The summed E-state index contributed by atoms with van der Waals surface area (Å²) < 4.78 is 6.62. The van der Waals surface area contributed by atoms with Crippen molar-refractivity contribution in [2.75, 3.05) is 0 Å². The number of nitro groups is 2. The Hall–Kier alpha value is -1.13. The van der Waals surface area contributed by atoms with Crippen LogP contribution in [0.3, 0.4) is 0 Å². The van der Waals surface area contributed by atoms with E-state index < -0.39 is 23.1 Å². The van der Waals surface area contributed by atoms with Gasteiger partial charge in [-0.25, -0.2) is 0 Å². The second kappa shape index (κ2) is 8.05. The molecule has 0 saturated heterocycles. The fraction of sp³-hybridized carbons (Fsp3) is 0.625. The Morgan fingerprint density at radius 3 is 2.40 bits per heavy atom. The summed E-state index contributed by atoms with van der Waals surface area (Å²) in [5.74, 6) is 7.70. The first-order chi connectivity index (χ1) is 11.6. The SMILES string of the molecule is C[C@@H]1CC[C@H]([Ge]([CH3])([CH3])[CH3])[C@@H](OSc2ccc([N+](=O)[O-])cc2[N+](=O)[O-])C1. The topological polar surface area (TPSA) is 95.5 Å². The summed E-state index contributed by atoms with van der Waals surface area (Å²) in [4.78, 5) is 21.2. The van der Waals surface area contributed by atoms with Crippen molar-refractivity contribution in [2.24, 2.45) is 5.92 Å². The number of hydrogen-bond acceptors (Lipinski definition) is 6. The second-order valence-electron chi connectivity index (χ2n) is 7.77. The van der Waals surface area contributed by atoms with E-state index >= 15 is 0 Å². The normalized spacial score (nSPS) is 24.1. The predicted molar refractivity (Wildman–Crippen MR) is 101 cm³/mol. The van der Waals surface area contributed by atoms with Gasteiger partial charge in [0.05, 0.1) is 0 Å². The molecule has 0 bridgehead atoms. The number of nitrogens with zero attached hydrogens (tertiary/aromatic N) is 2. The van der Waals surface area contributed by atoms with E-state index in [4.69, 9.17) is 4.18 Å². The maximum atomic E-state index is 11.2. The Labute approximate surface area is 154 Å². The van der Waals surface area contributed by atoms with Crippen LogP contribution in [0.5, 0.6) is 0 Å². The fourth-order valence-corrected chi connectivity index (χ4v) is 9.30. The van der Waals surface area contributed by atoms with Crippen LogP contribution >= 0.6 is 12.0 Å². The Balaban J connectivity index is 2.18. The molecule has 0 aliphatic heterocycles. The predicted octanol–water partition coefficient (Wildman–Crippen LogP) is 5.42. The van der Waals surface area contributed by atoms with Crippen molar-refractivity contribution >= 4 is 36.7 Å². The summed E-state index contributed by atoms with van der Waals surface area (Å²) in [6.07, 6.45) is 3.40. The van der Waals surface area contributed by atoms with E-state index in [2.05, 4.69) is 24.2 Å². The molecule has 1 aliphatic carbocycles. The van der Waals surface area contributed by atoms with Gasteiger partial charge in [-0.2, -0.15) is 0 Å². The Kier molecular flexibility index (Phi) is 6.50. The molecule has 2 rings (SSSR count). The summed E-state index contributed by atoms with van der Waals surface area (Å²) in [7, 11) is 0. The van der Waals surface area contributed by atoms with Gasteiger partial charge in [0.25, 0.3) is 0 Å². The van der Waals surface area contributed by atoms with Gasteiger partial charge >= 0.3 is 154 Å². The zero-order chi connectivity index (χ0) is 18.8. The van der Waals surface area contributed by atoms with E-state index in [1.165, 1.54) is 18.6 Å². The van der Waals surface area contributed by atoms with Gasteiger partial charge in [-0.1, -0.05) is 0 Å². The van der Waals surface area contributed by atoms with Crippen molar-refractivity contribution in [1.82, 2.24) is 0 Å². The molecular weight excluding hydrogens is 405 g/mol. The van der Waals surface area contributed by atoms with Crippen LogP contribution in [0.25, 0.3) is 0 Å². The van der Waals surface area contributed by atoms with Crippen LogP contribution in [0.15, 0.2) is 23.1 Å². The number of benzene rings is 1. The monoisotopic (exact) mass is 430 g/mol. The number of nitro benzene ring substituents is 2. The fourth-order valence-electron chi connectivity index (χ4n) is 3.37. The summed E-state index contributed by atoms with van der Waals surface area (Å²) in [5.41, 5.74) is -0.568. The van der Waals surface area contributed by atoms with Gasteiger partial charge < -0.3 is 0 Å². The van der Waals surface area contributed by atoms with Crippen molar-refractivity contribution in [3.63, 3.8) is 0 Å².